The molecule has 1 aliphatic heterocycles. The van der Waals surface area contributed by atoms with Crippen LogP contribution in [0.25, 0.3) is 0 Å². The normalized spacial score (nSPS) is 18.8. The summed E-state index contributed by atoms with van der Waals surface area (Å²) < 4.78 is 7.55. The predicted octanol–water partition coefficient (Wildman–Crippen LogP) is 3.00. The first-order chi connectivity index (χ1) is 11.7. The highest BCUT2D eigenvalue weighted by Gasteiger charge is 2.31. The third-order valence-corrected chi connectivity index (χ3v) is 4.47. The molecule has 132 valence electrons. The fourth-order valence-electron chi connectivity index (χ4n) is 3.33. The Balaban J connectivity index is 1.67. The SMILES string of the molecule is CCCCc1nc(CN2CCCC2c2nncn2CC(C)C)no1. The largest absolute Gasteiger partial charge is 0.339 e. The topological polar surface area (TPSA) is 72.9 Å². The molecular weight excluding hydrogens is 304 g/mol. The third kappa shape index (κ3) is 4.01. The van der Waals surface area contributed by atoms with Gasteiger partial charge in [-0.15, -0.1) is 10.2 Å². The highest BCUT2D eigenvalue weighted by Crippen LogP contribution is 2.31. The number of aryl methyl sites for hydroxylation is 1. The van der Waals surface area contributed by atoms with Crippen molar-refractivity contribution in [2.75, 3.05) is 6.54 Å². The van der Waals surface area contributed by atoms with Crippen LogP contribution < -0.4 is 0 Å². The van der Waals surface area contributed by atoms with Crippen molar-refractivity contribution >= 4 is 0 Å². The molecule has 0 N–H and O–H groups in total. The fraction of sp³-hybridized carbons (Fsp3) is 0.765. The van der Waals surface area contributed by atoms with Crippen LogP contribution in [0.5, 0.6) is 0 Å². The van der Waals surface area contributed by atoms with E-state index in [0.29, 0.717) is 12.0 Å². The van der Waals surface area contributed by atoms with E-state index < -0.39 is 0 Å². The number of rotatable bonds is 8. The van der Waals surface area contributed by atoms with Crippen molar-refractivity contribution < 1.29 is 4.52 Å². The van der Waals surface area contributed by atoms with E-state index in [0.717, 1.165) is 62.9 Å². The van der Waals surface area contributed by atoms with Gasteiger partial charge in [0.15, 0.2) is 5.82 Å². The molecule has 7 heteroatoms. The quantitative estimate of drug-likeness (QED) is 0.740. The number of unbranched alkanes of at least 4 members (excludes halogenated alkanes) is 1. The minimum absolute atomic E-state index is 0.295. The zero-order valence-corrected chi connectivity index (χ0v) is 15.0. The van der Waals surface area contributed by atoms with E-state index in [1.165, 1.54) is 6.42 Å². The van der Waals surface area contributed by atoms with Gasteiger partial charge in [0.2, 0.25) is 5.89 Å². The Labute approximate surface area is 143 Å². The van der Waals surface area contributed by atoms with Crippen molar-refractivity contribution in [3.8, 4) is 0 Å². The van der Waals surface area contributed by atoms with Crippen molar-refractivity contribution in [3.63, 3.8) is 0 Å². The average molecular weight is 332 g/mol. The van der Waals surface area contributed by atoms with E-state index in [1.54, 1.807) is 0 Å². The summed E-state index contributed by atoms with van der Waals surface area (Å²) in [5, 5.41) is 12.7. The summed E-state index contributed by atoms with van der Waals surface area (Å²) in [6.07, 6.45) is 7.22. The number of hydrogen-bond donors (Lipinski definition) is 0. The van der Waals surface area contributed by atoms with Crippen LogP contribution in [0.2, 0.25) is 0 Å². The van der Waals surface area contributed by atoms with Crippen LogP contribution in [-0.2, 0) is 19.5 Å². The Kier molecular flexibility index (Phi) is 5.60. The van der Waals surface area contributed by atoms with E-state index in [1.807, 2.05) is 6.33 Å². The lowest BCUT2D eigenvalue weighted by molar-refractivity contribution is 0.224. The molecule has 0 amide bonds. The highest BCUT2D eigenvalue weighted by atomic mass is 16.5. The first-order valence-corrected chi connectivity index (χ1v) is 9.10. The Bertz CT molecular complexity index is 635. The van der Waals surface area contributed by atoms with Gasteiger partial charge in [0.1, 0.15) is 12.2 Å². The molecule has 1 atom stereocenters. The van der Waals surface area contributed by atoms with E-state index in [4.69, 9.17) is 4.52 Å². The van der Waals surface area contributed by atoms with E-state index in [9.17, 15) is 0 Å². The van der Waals surface area contributed by atoms with Crippen LogP contribution in [0.3, 0.4) is 0 Å². The summed E-state index contributed by atoms with van der Waals surface area (Å²) in [6, 6.07) is 0.295. The molecule has 0 aromatic carbocycles. The number of aromatic nitrogens is 5. The molecule has 0 aliphatic carbocycles. The van der Waals surface area contributed by atoms with Gasteiger partial charge >= 0.3 is 0 Å². The van der Waals surface area contributed by atoms with Crippen LogP contribution in [0.1, 0.15) is 70.0 Å². The standard InChI is InChI=1S/C17H28N6O/c1-4-5-8-16-19-15(21-24-16)11-22-9-6-7-14(22)17-20-18-12-23(17)10-13(2)3/h12-14H,4-11H2,1-3H3. The van der Waals surface area contributed by atoms with E-state index in [2.05, 4.69) is 50.6 Å². The zero-order chi connectivity index (χ0) is 16.9. The maximum atomic E-state index is 5.36. The molecule has 0 bridgehead atoms. The Hall–Kier alpha value is -1.76. The summed E-state index contributed by atoms with van der Waals surface area (Å²) in [6.45, 7) is 9.31. The van der Waals surface area contributed by atoms with Gasteiger partial charge in [0, 0.05) is 13.0 Å². The molecule has 3 heterocycles. The molecule has 1 aliphatic rings. The summed E-state index contributed by atoms with van der Waals surface area (Å²) in [4.78, 5) is 6.93. The second kappa shape index (κ2) is 7.88. The molecule has 0 saturated carbocycles. The molecule has 1 unspecified atom stereocenters. The molecule has 2 aromatic heterocycles. The second-order valence-electron chi connectivity index (χ2n) is 7.07. The molecule has 1 fully saturated rings. The van der Waals surface area contributed by atoms with Crippen molar-refractivity contribution in [1.29, 1.82) is 0 Å². The van der Waals surface area contributed by atoms with Gasteiger partial charge in [-0.25, -0.2) is 0 Å². The Morgan fingerprint density at radius 1 is 1.38 bits per heavy atom. The van der Waals surface area contributed by atoms with Gasteiger partial charge in [-0.05, 0) is 31.7 Å². The first kappa shape index (κ1) is 17.1. The first-order valence-electron chi connectivity index (χ1n) is 9.10. The van der Waals surface area contributed by atoms with Gasteiger partial charge in [0.05, 0.1) is 12.6 Å². The van der Waals surface area contributed by atoms with Crippen LogP contribution in [0, 0.1) is 5.92 Å². The third-order valence-electron chi connectivity index (χ3n) is 4.47. The molecule has 0 spiro atoms. The summed E-state index contributed by atoms with van der Waals surface area (Å²) in [5.41, 5.74) is 0. The van der Waals surface area contributed by atoms with Gasteiger partial charge in [-0.1, -0.05) is 32.3 Å². The van der Waals surface area contributed by atoms with Crippen LogP contribution >= 0.6 is 0 Å². The predicted molar refractivity (Wildman–Crippen MR) is 90.2 cm³/mol. The van der Waals surface area contributed by atoms with Crippen LogP contribution in [0.15, 0.2) is 10.9 Å². The number of likely N-dealkylation sites (tertiary alicyclic amines) is 1. The fourth-order valence-corrected chi connectivity index (χ4v) is 3.33. The van der Waals surface area contributed by atoms with Crippen molar-refractivity contribution in [2.24, 2.45) is 5.92 Å². The van der Waals surface area contributed by atoms with Gasteiger partial charge < -0.3 is 9.09 Å². The van der Waals surface area contributed by atoms with Crippen molar-refractivity contribution in [3.05, 3.63) is 23.9 Å². The summed E-state index contributed by atoms with van der Waals surface area (Å²) in [5.74, 6) is 3.18. The zero-order valence-electron chi connectivity index (χ0n) is 15.0. The monoisotopic (exact) mass is 332 g/mol. The molecule has 7 nitrogen and oxygen atoms in total. The van der Waals surface area contributed by atoms with Gasteiger partial charge in [-0.3, -0.25) is 4.90 Å². The molecule has 2 aromatic rings. The summed E-state index contributed by atoms with van der Waals surface area (Å²) >= 11 is 0. The Morgan fingerprint density at radius 3 is 3.04 bits per heavy atom. The van der Waals surface area contributed by atoms with Crippen molar-refractivity contribution in [1.82, 2.24) is 29.8 Å². The smallest absolute Gasteiger partial charge is 0.226 e. The number of nitrogens with zero attached hydrogens (tertiary/aromatic N) is 6. The maximum absolute atomic E-state index is 5.36. The lowest BCUT2D eigenvalue weighted by Gasteiger charge is -2.23. The molecule has 0 radical (unpaired) electrons. The van der Waals surface area contributed by atoms with Gasteiger partial charge in [0.25, 0.3) is 0 Å². The lowest BCUT2D eigenvalue weighted by atomic mass is 10.2. The average Bonchev–Trinajstić information content (AvgIpc) is 3.26. The summed E-state index contributed by atoms with van der Waals surface area (Å²) in [7, 11) is 0. The second-order valence-corrected chi connectivity index (χ2v) is 7.07. The molecule has 1 saturated heterocycles. The van der Waals surface area contributed by atoms with Crippen molar-refractivity contribution in [2.45, 2.75) is 72.0 Å². The molecular formula is C17H28N6O. The minimum Gasteiger partial charge on any atom is -0.339 e. The van der Waals surface area contributed by atoms with E-state index >= 15 is 0 Å². The van der Waals surface area contributed by atoms with Crippen LogP contribution in [0.4, 0.5) is 0 Å². The van der Waals surface area contributed by atoms with Gasteiger partial charge in [-0.2, -0.15) is 4.98 Å². The van der Waals surface area contributed by atoms with E-state index in [-0.39, 0.29) is 0 Å². The minimum atomic E-state index is 0.295. The lowest BCUT2D eigenvalue weighted by Crippen LogP contribution is -2.26. The number of hydrogen-bond acceptors (Lipinski definition) is 6. The Morgan fingerprint density at radius 2 is 2.25 bits per heavy atom. The highest BCUT2D eigenvalue weighted by molar-refractivity contribution is 5.01. The molecule has 24 heavy (non-hydrogen) atoms. The maximum Gasteiger partial charge on any atom is 0.226 e. The van der Waals surface area contributed by atoms with Crippen LogP contribution in [-0.4, -0.2) is 36.3 Å². The molecule has 3 rings (SSSR count).